The zero-order valence-electron chi connectivity index (χ0n) is 8.10. The van der Waals surface area contributed by atoms with Crippen molar-refractivity contribution in [2.75, 3.05) is 27.9 Å². The largest absolute Gasteiger partial charge is 0.376 e. The highest BCUT2D eigenvalue weighted by atomic mass is 16.7. The SMILES string of the molecule is CO[C@@H]1[C@H](OC)[C@@H](OC)CO[C@H]1O. The molecule has 1 aliphatic heterocycles. The Hall–Kier alpha value is -0.200. The normalized spacial score (nSPS) is 40.6. The molecule has 0 radical (unpaired) electrons. The molecule has 0 unspecified atom stereocenters. The molecule has 0 aromatic heterocycles. The molecular formula is C8H16O5. The Morgan fingerprint density at radius 1 is 1.08 bits per heavy atom. The van der Waals surface area contributed by atoms with E-state index in [0.717, 1.165) is 0 Å². The Bertz CT molecular complexity index is 151. The van der Waals surface area contributed by atoms with Crippen LogP contribution in [0.25, 0.3) is 0 Å². The maximum atomic E-state index is 9.40. The van der Waals surface area contributed by atoms with Crippen molar-refractivity contribution in [1.82, 2.24) is 0 Å². The van der Waals surface area contributed by atoms with Crippen LogP contribution in [0.3, 0.4) is 0 Å². The predicted molar refractivity (Wildman–Crippen MR) is 44.3 cm³/mol. The number of rotatable bonds is 3. The molecule has 0 aliphatic carbocycles. The first-order valence-electron chi connectivity index (χ1n) is 4.12. The van der Waals surface area contributed by atoms with Gasteiger partial charge in [0, 0.05) is 21.3 Å². The first-order chi connectivity index (χ1) is 6.24. The summed E-state index contributed by atoms with van der Waals surface area (Å²) in [5.74, 6) is 0. The Balaban J connectivity index is 2.64. The maximum Gasteiger partial charge on any atom is 0.183 e. The summed E-state index contributed by atoms with van der Waals surface area (Å²) in [6.45, 7) is 0.316. The maximum absolute atomic E-state index is 9.40. The van der Waals surface area contributed by atoms with Crippen molar-refractivity contribution in [3.8, 4) is 0 Å². The van der Waals surface area contributed by atoms with Gasteiger partial charge in [0.05, 0.1) is 6.61 Å². The summed E-state index contributed by atoms with van der Waals surface area (Å²) in [7, 11) is 4.63. The third-order valence-corrected chi connectivity index (χ3v) is 2.25. The summed E-state index contributed by atoms with van der Waals surface area (Å²) in [4.78, 5) is 0. The molecule has 1 fully saturated rings. The van der Waals surface area contributed by atoms with Crippen molar-refractivity contribution < 1.29 is 24.1 Å². The zero-order chi connectivity index (χ0) is 9.84. The van der Waals surface area contributed by atoms with E-state index in [0.29, 0.717) is 6.61 Å². The second kappa shape index (κ2) is 4.88. The standard InChI is InChI=1S/C8H16O5/c1-10-5-4-13-8(9)7(12-3)6(5)11-2/h5-9H,4H2,1-3H3/t5-,6+,7+,8+/m0/s1. The van der Waals surface area contributed by atoms with Crippen molar-refractivity contribution >= 4 is 0 Å². The molecule has 1 aliphatic rings. The highest BCUT2D eigenvalue weighted by molar-refractivity contribution is 4.85. The number of aliphatic hydroxyl groups excluding tert-OH is 1. The van der Waals surface area contributed by atoms with E-state index >= 15 is 0 Å². The lowest BCUT2D eigenvalue weighted by Crippen LogP contribution is -2.55. The average molecular weight is 192 g/mol. The topological polar surface area (TPSA) is 57.2 Å². The summed E-state index contributed by atoms with van der Waals surface area (Å²) in [5, 5.41) is 9.40. The van der Waals surface area contributed by atoms with Gasteiger partial charge < -0.3 is 24.1 Å². The van der Waals surface area contributed by atoms with Gasteiger partial charge in [-0.1, -0.05) is 0 Å². The number of methoxy groups -OCH3 is 3. The molecule has 13 heavy (non-hydrogen) atoms. The molecule has 5 heteroatoms. The minimum atomic E-state index is -0.943. The molecule has 5 nitrogen and oxygen atoms in total. The number of hydrogen-bond acceptors (Lipinski definition) is 5. The Kier molecular flexibility index (Phi) is 4.08. The van der Waals surface area contributed by atoms with Gasteiger partial charge in [0.25, 0.3) is 0 Å². The van der Waals surface area contributed by atoms with Crippen molar-refractivity contribution in [3.63, 3.8) is 0 Å². The van der Waals surface area contributed by atoms with Crippen LogP contribution < -0.4 is 0 Å². The van der Waals surface area contributed by atoms with Gasteiger partial charge in [0.15, 0.2) is 6.29 Å². The van der Waals surface area contributed by atoms with E-state index in [1.807, 2.05) is 0 Å². The van der Waals surface area contributed by atoms with Gasteiger partial charge in [-0.2, -0.15) is 0 Å². The van der Waals surface area contributed by atoms with Crippen LogP contribution in [0, 0.1) is 0 Å². The van der Waals surface area contributed by atoms with Crippen LogP contribution in [0.15, 0.2) is 0 Å². The molecule has 0 aromatic carbocycles. The molecule has 1 saturated heterocycles. The van der Waals surface area contributed by atoms with Gasteiger partial charge in [0.1, 0.15) is 18.3 Å². The highest BCUT2D eigenvalue weighted by Crippen LogP contribution is 2.20. The molecule has 0 saturated carbocycles. The monoisotopic (exact) mass is 192 g/mol. The smallest absolute Gasteiger partial charge is 0.183 e. The third-order valence-electron chi connectivity index (χ3n) is 2.25. The zero-order valence-corrected chi connectivity index (χ0v) is 8.10. The summed E-state index contributed by atoms with van der Waals surface area (Å²) < 4.78 is 20.4. The molecule has 0 bridgehead atoms. The van der Waals surface area contributed by atoms with Crippen molar-refractivity contribution in [3.05, 3.63) is 0 Å². The minimum Gasteiger partial charge on any atom is -0.376 e. The van der Waals surface area contributed by atoms with Crippen LogP contribution in [0.2, 0.25) is 0 Å². The van der Waals surface area contributed by atoms with Crippen LogP contribution in [0.5, 0.6) is 0 Å². The van der Waals surface area contributed by atoms with Crippen LogP contribution in [0.1, 0.15) is 0 Å². The summed E-state index contributed by atoms with van der Waals surface area (Å²) in [6, 6.07) is 0. The molecule has 4 atom stereocenters. The number of hydrogen-bond donors (Lipinski definition) is 1. The van der Waals surface area contributed by atoms with Gasteiger partial charge in [-0.3, -0.25) is 0 Å². The Morgan fingerprint density at radius 2 is 1.69 bits per heavy atom. The Labute approximate surface area is 77.5 Å². The van der Waals surface area contributed by atoms with E-state index in [1.54, 1.807) is 14.2 Å². The van der Waals surface area contributed by atoms with E-state index in [-0.39, 0.29) is 12.2 Å². The second-order valence-corrected chi connectivity index (χ2v) is 2.90. The minimum absolute atomic E-state index is 0.196. The lowest BCUT2D eigenvalue weighted by Gasteiger charge is -2.38. The molecule has 0 spiro atoms. The Morgan fingerprint density at radius 3 is 2.15 bits per heavy atom. The molecule has 1 N–H and O–H groups in total. The summed E-state index contributed by atoms with van der Waals surface area (Å²) >= 11 is 0. The van der Waals surface area contributed by atoms with E-state index < -0.39 is 12.4 Å². The van der Waals surface area contributed by atoms with Crippen molar-refractivity contribution in [2.24, 2.45) is 0 Å². The molecule has 0 amide bonds. The first-order valence-corrected chi connectivity index (χ1v) is 4.12. The highest BCUT2D eigenvalue weighted by Gasteiger charge is 2.40. The summed E-state index contributed by atoms with van der Waals surface area (Å²) in [6.07, 6.45) is -1.93. The van der Waals surface area contributed by atoms with E-state index in [9.17, 15) is 5.11 Å². The van der Waals surface area contributed by atoms with E-state index in [4.69, 9.17) is 18.9 Å². The van der Waals surface area contributed by atoms with Crippen molar-refractivity contribution in [1.29, 1.82) is 0 Å². The quantitative estimate of drug-likeness (QED) is 0.646. The van der Waals surface area contributed by atoms with Gasteiger partial charge in [-0.15, -0.1) is 0 Å². The lowest BCUT2D eigenvalue weighted by molar-refractivity contribution is -0.267. The lowest BCUT2D eigenvalue weighted by atomic mass is 10.1. The molecular weight excluding hydrogens is 176 g/mol. The average Bonchev–Trinajstić information content (AvgIpc) is 2.17. The number of ether oxygens (including phenoxy) is 4. The molecule has 1 heterocycles. The van der Waals surface area contributed by atoms with Gasteiger partial charge in [-0.25, -0.2) is 0 Å². The van der Waals surface area contributed by atoms with Crippen LogP contribution in [-0.2, 0) is 18.9 Å². The van der Waals surface area contributed by atoms with Crippen LogP contribution in [-0.4, -0.2) is 57.6 Å². The molecule has 0 aromatic rings. The predicted octanol–water partition coefficient (Wildman–Crippen LogP) is -0.620. The van der Waals surface area contributed by atoms with Crippen molar-refractivity contribution in [2.45, 2.75) is 24.6 Å². The fourth-order valence-electron chi connectivity index (χ4n) is 1.50. The first kappa shape index (κ1) is 10.9. The van der Waals surface area contributed by atoms with Gasteiger partial charge in [-0.05, 0) is 0 Å². The third kappa shape index (κ3) is 2.18. The summed E-state index contributed by atoms with van der Waals surface area (Å²) in [5.41, 5.74) is 0. The van der Waals surface area contributed by atoms with E-state index in [1.165, 1.54) is 7.11 Å². The van der Waals surface area contributed by atoms with Gasteiger partial charge in [0.2, 0.25) is 0 Å². The van der Waals surface area contributed by atoms with E-state index in [2.05, 4.69) is 0 Å². The van der Waals surface area contributed by atoms with Crippen LogP contribution in [0.4, 0.5) is 0 Å². The number of aliphatic hydroxyl groups is 1. The fraction of sp³-hybridized carbons (Fsp3) is 1.00. The second-order valence-electron chi connectivity index (χ2n) is 2.90. The molecule has 78 valence electrons. The van der Waals surface area contributed by atoms with Crippen LogP contribution >= 0.6 is 0 Å². The molecule has 1 rings (SSSR count). The fourth-order valence-corrected chi connectivity index (χ4v) is 1.50. The van der Waals surface area contributed by atoms with Gasteiger partial charge >= 0.3 is 0 Å².